The van der Waals surface area contributed by atoms with E-state index in [9.17, 15) is 13.2 Å². The van der Waals surface area contributed by atoms with E-state index in [0.717, 1.165) is 17.0 Å². The van der Waals surface area contributed by atoms with Crippen molar-refractivity contribution in [2.24, 2.45) is 0 Å². The summed E-state index contributed by atoms with van der Waals surface area (Å²) in [5, 5.41) is 0.109. The van der Waals surface area contributed by atoms with Crippen molar-refractivity contribution in [1.82, 2.24) is 19.2 Å². The van der Waals surface area contributed by atoms with Gasteiger partial charge < -0.3 is 14.2 Å². The number of hydrogen-bond acceptors (Lipinski definition) is 5. The lowest BCUT2D eigenvalue weighted by Crippen LogP contribution is -2.36. The van der Waals surface area contributed by atoms with E-state index in [4.69, 9.17) is 16.6 Å². The molecule has 0 spiro atoms. The zero-order chi connectivity index (χ0) is 23.0. The number of carbonyl (C=O) groups is 1. The molecule has 0 aliphatic carbocycles. The molecule has 0 saturated carbocycles. The van der Waals surface area contributed by atoms with Crippen molar-refractivity contribution in [3.05, 3.63) is 65.7 Å². The van der Waals surface area contributed by atoms with Crippen molar-refractivity contribution in [2.75, 3.05) is 13.1 Å². The maximum absolute atomic E-state index is 12.8. The number of amides is 1. The molecule has 0 N–H and O–H groups in total. The molecule has 1 aliphatic rings. The Bertz CT molecular complexity index is 1300. The summed E-state index contributed by atoms with van der Waals surface area (Å²) < 4.78 is 27.4. The summed E-state index contributed by atoms with van der Waals surface area (Å²) in [5.41, 5.74) is 3.19. The lowest BCUT2D eigenvalue weighted by atomic mass is 10.1. The van der Waals surface area contributed by atoms with Crippen LogP contribution in [0.3, 0.4) is 0 Å². The van der Waals surface area contributed by atoms with Crippen LogP contribution in [0.2, 0.25) is 5.02 Å². The minimum absolute atomic E-state index is 0.00101. The smallest absolute Gasteiger partial charge is 0.223 e. The molecule has 0 bridgehead atoms. The molecule has 0 radical (unpaired) electrons. The quantitative estimate of drug-likeness (QED) is 0.561. The number of imidazole rings is 1. The van der Waals surface area contributed by atoms with E-state index in [1.54, 1.807) is 50.2 Å². The summed E-state index contributed by atoms with van der Waals surface area (Å²) in [4.78, 5) is 20.4. The minimum Gasteiger partial charge on any atom is -0.368 e. The third-order valence-electron chi connectivity index (χ3n) is 5.60. The Kier molecular flexibility index (Phi) is 6.01. The number of halogens is 1. The Morgan fingerprint density at radius 3 is 2.41 bits per heavy atom. The molecule has 168 valence electrons. The normalized spacial score (nSPS) is 14.5. The van der Waals surface area contributed by atoms with Gasteiger partial charge in [-0.3, -0.25) is 4.79 Å². The maximum atomic E-state index is 12.8. The first-order chi connectivity index (χ1) is 15.2. The lowest BCUT2D eigenvalue weighted by Gasteiger charge is -2.29. The zero-order valence-electron chi connectivity index (χ0n) is 18.2. The SMILES string of the molecule is CC(=O)N1C=CN(Cc2c(-c3ccc(Cl)cc3)nc3ccc(S(=O)(=O)C(C)C)cn23)CC1. The van der Waals surface area contributed by atoms with Gasteiger partial charge in [0, 0.05) is 49.2 Å². The van der Waals surface area contributed by atoms with E-state index < -0.39 is 15.1 Å². The van der Waals surface area contributed by atoms with Gasteiger partial charge in [-0.15, -0.1) is 0 Å². The molecular formula is C23H25ClN4O3S. The van der Waals surface area contributed by atoms with Gasteiger partial charge in [-0.05, 0) is 38.1 Å². The van der Waals surface area contributed by atoms with Crippen LogP contribution in [0.1, 0.15) is 26.5 Å². The van der Waals surface area contributed by atoms with Crippen LogP contribution in [-0.4, -0.2) is 51.8 Å². The van der Waals surface area contributed by atoms with E-state index in [1.807, 2.05) is 34.9 Å². The summed E-state index contributed by atoms with van der Waals surface area (Å²) in [6.07, 6.45) is 5.30. The number of carbonyl (C=O) groups excluding carboxylic acids is 1. The van der Waals surface area contributed by atoms with Crippen molar-refractivity contribution >= 4 is 33.0 Å². The maximum Gasteiger partial charge on any atom is 0.223 e. The number of rotatable bonds is 5. The third kappa shape index (κ3) is 4.25. The van der Waals surface area contributed by atoms with Gasteiger partial charge in [0.2, 0.25) is 5.91 Å². The summed E-state index contributed by atoms with van der Waals surface area (Å²) in [6.45, 7) is 6.64. The molecule has 1 amide bonds. The molecule has 9 heteroatoms. The number of fused-ring (bicyclic) bond motifs is 1. The number of hydrogen-bond donors (Lipinski definition) is 0. The van der Waals surface area contributed by atoms with Crippen LogP contribution in [0, 0.1) is 0 Å². The van der Waals surface area contributed by atoms with Crippen LogP contribution in [0.4, 0.5) is 0 Å². The molecule has 1 aliphatic heterocycles. The van der Waals surface area contributed by atoms with Crippen molar-refractivity contribution in [3.63, 3.8) is 0 Å². The fourth-order valence-corrected chi connectivity index (χ4v) is 4.83. The van der Waals surface area contributed by atoms with Gasteiger partial charge in [0.15, 0.2) is 9.84 Å². The Morgan fingerprint density at radius 1 is 1.09 bits per heavy atom. The molecular weight excluding hydrogens is 448 g/mol. The average Bonchev–Trinajstić information content (AvgIpc) is 3.12. The Balaban J connectivity index is 1.82. The fourth-order valence-electron chi connectivity index (χ4n) is 3.65. The van der Waals surface area contributed by atoms with Crippen LogP contribution < -0.4 is 0 Å². The van der Waals surface area contributed by atoms with Crippen LogP contribution >= 0.6 is 11.6 Å². The highest BCUT2D eigenvalue weighted by atomic mass is 35.5. The van der Waals surface area contributed by atoms with Crippen molar-refractivity contribution < 1.29 is 13.2 Å². The zero-order valence-corrected chi connectivity index (χ0v) is 19.8. The van der Waals surface area contributed by atoms with Crippen molar-refractivity contribution in [1.29, 1.82) is 0 Å². The minimum atomic E-state index is -3.43. The molecule has 3 heterocycles. The Labute approximate surface area is 192 Å². The number of nitrogens with zero attached hydrogens (tertiary/aromatic N) is 4. The standard InChI is InChI=1S/C23H25ClN4O3S/c1-16(2)32(30,31)20-8-9-22-25-23(18-4-6-19(24)7-5-18)21(28(22)14-20)15-26-10-12-27(13-11-26)17(3)29/h4-10,12,14,16H,11,13,15H2,1-3H3. The van der Waals surface area contributed by atoms with Crippen LogP contribution in [0.15, 0.2) is 59.9 Å². The van der Waals surface area contributed by atoms with Gasteiger partial charge in [-0.2, -0.15) is 0 Å². The number of pyridine rings is 1. The Morgan fingerprint density at radius 2 is 1.81 bits per heavy atom. The number of sulfone groups is 1. The highest BCUT2D eigenvalue weighted by Crippen LogP contribution is 2.29. The Hall–Kier alpha value is -2.84. The molecule has 0 fully saturated rings. The second-order valence-corrected chi connectivity index (χ2v) is 11.0. The molecule has 0 atom stereocenters. The molecule has 7 nitrogen and oxygen atoms in total. The van der Waals surface area contributed by atoms with Crippen molar-refractivity contribution in [3.8, 4) is 11.3 Å². The second kappa shape index (κ2) is 8.60. The largest absolute Gasteiger partial charge is 0.368 e. The molecule has 3 aromatic rings. The van der Waals surface area contributed by atoms with Gasteiger partial charge in [-0.1, -0.05) is 23.7 Å². The van der Waals surface area contributed by atoms with E-state index in [1.165, 1.54) is 0 Å². The van der Waals surface area contributed by atoms with E-state index in [0.29, 0.717) is 30.3 Å². The molecule has 0 unspecified atom stereocenters. The lowest BCUT2D eigenvalue weighted by molar-refractivity contribution is -0.126. The number of aromatic nitrogens is 2. The predicted octanol–water partition coefficient (Wildman–Crippen LogP) is 3.97. The number of benzene rings is 1. The second-order valence-electron chi connectivity index (χ2n) is 8.08. The fraction of sp³-hybridized carbons (Fsp3) is 0.304. The highest BCUT2D eigenvalue weighted by molar-refractivity contribution is 7.92. The van der Waals surface area contributed by atoms with Crippen LogP contribution in [0.25, 0.3) is 16.9 Å². The van der Waals surface area contributed by atoms with Gasteiger partial charge >= 0.3 is 0 Å². The summed E-state index contributed by atoms with van der Waals surface area (Å²) in [6, 6.07) is 10.8. The third-order valence-corrected chi connectivity index (χ3v) is 7.99. The summed E-state index contributed by atoms with van der Waals surface area (Å²) in [5.74, 6) is 0.00101. The molecule has 0 saturated heterocycles. The first-order valence-electron chi connectivity index (χ1n) is 10.4. The van der Waals surface area contributed by atoms with E-state index in [-0.39, 0.29) is 10.8 Å². The van der Waals surface area contributed by atoms with E-state index >= 15 is 0 Å². The van der Waals surface area contributed by atoms with Crippen molar-refractivity contribution in [2.45, 2.75) is 37.5 Å². The molecule has 2 aromatic heterocycles. The highest BCUT2D eigenvalue weighted by Gasteiger charge is 2.23. The van der Waals surface area contributed by atoms with Gasteiger partial charge in [0.25, 0.3) is 0 Å². The topological polar surface area (TPSA) is 75.0 Å². The first kappa shape index (κ1) is 22.4. The van der Waals surface area contributed by atoms with Gasteiger partial charge in [0.1, 0.15) is 5.65 Å². The summed E-state index contributed by atoms with van der Waals surface area (Å²) in [7, 11) is -3.43. The summed E-state index contributed by atoms with van der Waals surface area (Å²) >= 11 is 6.07. The monoisotopic (exact) mass is 472 g/mol. The molecule has 1 aromatic carbocycles. The average molecular weight is 473 g/mol. The van der Waals surface area contributed by atoms with Crippen LogP contribution in [0.5, 0.6) is 0 Å². The first-order valence-corrected chi connectivity index (χ1v) is 12.3. The molecule has 32 heavy (non-hydrogen) atoms. The van der Waals surface area contributed by atoms with Gasteiger partial charge in [0.05, 0.1) is 28.1 Å². The molecule has 4 rings (SSSR count). The van der Waals surface area contributed by atoms with Crippen LogP contribution in [-0.2, 0) is 21.2 Å². The van der Waals surface area contributed by atoms with Gasteiger partial charge in [-0.25, -0.2) is 13.4 Å². The van der Waals surface area contributed by atoms with E-state index in [2.05, 4.69) is 4.90 Å². The predicted molar refractivity (Wildman–Crippen MR) is 125 cm³/mol.